The van der Waals surface area contributed by atoms with Gasteiger partial charge in [-0.1, -0.05) is 24.3 Å². The van der Waals surface area contributed by atoms with Gasteiger partial charge in [0, 0.05) is 85.7 Å². The number of piperazine rings is 1. The number of aryl methyl sites for hydroxylation is 1. The number of sulfone groups is 2. The number of carbonyl (C=O) groups excluding carboxylic acids is 2. The highest BCUT2D eigenvalue weighted by molar-refractivity contribution is 7.91. The van der Waals surface area contributed by atoms with Gasteiger partial charge in [0.05, 0.1) is 31.5 Å². The van der Waals surface area contributed by atoms with E-state index in [1.165, 1.54) is 41.2 Å². The monoisotopic (exact) mass is 903 g/mol. The van der Waals surface area contributed by atoms with Gasteiger partial charge >= 0.3 is 0 Å². The largest absolute Gasteiger partial charge is 0.354 e. The summed E-state index contributed by atoms with van der Waals surface area (Å²) >= 11 is 1.29. The Bertz CT molecular complexity index is 3090. The molecule has 1 aliphatic heterocycles. The Morgan fingerprint density at radius 2 is 1.40 bits per heavy atom. The molecule has 0 spiro atoms. The summed E-state index contributed by atoms with van der Waals surface area (Å²) < 4.78 is 51.3. The Balaban J connectivity index is 0.000000177. The molecular weight excluding hydrogens is 863 g/mol. The molecule has 20 heteroatoms. The number of rotatable bonds is 11. The van der Waals surface area contributed by atoms with E-state index in [2.05, 4.69) is 62.6 Å². The topological polar surface area (TPSA) is 229 Å². The molecule has 1 saturated heterocycles. The molecule has 1 fully saturated rings. The number of hydrogen-bond donors (Lipinski definition) is 4. The van der Waals surface area contributed by atoms with E-state index in [9.17, 15) is 26.4 Å². The second-order valence-corrected chi connectivity index (χ2v) is 19.6. The van der Waals surface area contributed by atoms with Crippen molar-refractivity contribution in [2.75, 3.05) is 38.1 Å². The summed E-state index contributed by atoms with van der Waals surface area (Å²) in [5.41, 5.74) is 3.89. The molecule has 9 rings (SSSR count). The van der Waals surface area contributed by atoms with E-state index in [0.29, 0.717) is 21.9 Å². The maximum Gasteiger partial charge on any atom is 0.267 e. The minimum absolute atomic E-state index is 0.0539. The fourth-order valence-corrected chi connectivity index (χ4v) is 10.1. The molecule has 2 aromatic carbocycles. The summed E-state index contributed by atoms with van der Waals surface area (Å²) in [5.74, 6) is 0.268. The summed E-state index contributed by atoms with van der Waals surface area (Å²) in [6.07, 6.45) is 7.85. The molecule has 17 nitrogen and oxygen atoms in total. The Hall–Kier alpha value is -6.87. The number of hydrogen-bond acceptors (Lipinski definition) is 14. The molecule has 0 bridgehead atoms. The van der Waals surface area contributed by atoms with Crippen molar-refractivity contribution in [2.45, 2.75) is 39.7 Å². The van der Waals surface area contributed by atoms with E-state index in [1.54, 1.807) is 92.2 Å². The summed E-state index contributed by atoms with van der Waals surface area (Å²) in [6.45, 7) is 5.93. The molecule has 0 unspecified atom stereocenters. The Kier molecular flexibility index (Phi) is 12.4. The summed E-state index contributed by atoms with van der Waals surface area (Å²) in [7, 11) is -5.23. The van der Waals surface area contributed by atoms with Crippen LogP contribution in [-0.4, -0.2) is 102 Å². The lowest BCUT2D eigenvalue weighted by Crippen LogP contribution is -2.44. The zero-order valence-electron chi connectivity index (χ0n) is 34.0. The number of benzene rings is 2. The van der Waals surface area contributed by atoms with Crippen LogP contribution >= 0.6 is 11.3 Å². The van der Waals surface area contributed by atoms with Crippen molar-refractivity contribution < 1.29 is 26.4 Å². The van der Waals surface area contributed by atoms with Gasteiger partial charge in [-0.2, -0.15) is 5.10 Å². The van der Waals surface area contributed by atoms with Gasteiger partial charge in [0.25, 0.3) is 11.8 Å². The number of anilines is 1. The highest BCUT2D eigenvalue weighted by Gasteiger charge is 2.22. The van der Waals surface area contributed by atoms with Gasteiger partial charge in [-0.3, -0.25) is 19.7 Å². The lowest BCUT2D eigenvalue weighted by atomic mass is 10.2. The fourth-order valence-electron chi connectivity index (χ4n) is 6.67. The van der Waals surface area contributed by atoms with Crippen LogP contribution in [0.15, 0.2) is 135 Å². The second kappa shape index (κ2) is 18.2. The van der Waals surface area contributed by atoms with Crippen molar-refractivity contribution in [1.29, 1.82) is 0 Å². The van der Waals surface area contributed by atoms with Gasteiger partial charge < -0.3 is 25.4 Å². The number of H-pyrrole nitrogens is 2. The molecule has 0 radical (unpaired) electrons. The number of aromatic amines is 2. The Labute approximate surface area is 366 Å². The number of nitrogens with zero attached hydrogens (tertiary/aromatic N) is 7. The van der Waals surface area contributed by atoms with E-state index >= 15 is 0 Å². The van der Waals surface area contributed by atoms with Crippen LogP contribution < -0.4 is 15.5 Å². The summed E-state index contributed by atoms with van der Waals surface area (Å²) in [5, 5.41) is 16.1. The molecular formula is C43H41N11O6S3. The van der Waals surface area contributed by atoms with Gasteiger partial charge in [-0.15, -0.1) is 11.3 Å². The first-order chi connectivity index (χ1) is 30.3. The first-order valence-electron chi connectivity index (χ1n) is 19.6. The molecule has 7 heterocycles. The van der Waals surface area contributed by atoms with E-state index < -0.39 is 19.7 Å². The minimum atomic E-state index is -3.69. The average molecular weight is 904 g/mol. The number of fused-ring (bicyclic) bond motifs is 2. The van der Waals surface area contributed by atoms with Gasteiger partial charge in [0.2, 0.25) is 19.7 Å². The number of likely N-dealkylation sites (N-methyl/N-ethyl adjacent to an activating group) is 1. The molecule has 0 aliphatic carbocycles. The lowest BCUT2D eigenvalue weighted by molar-refractivity contribution is 0.0940. The van der Waals surface area contributed by atoms with E-state index in [0.717, 1.165) is 59.4 Å². The van der Waals surface area contributed by atoms with Crippen molar-refractivity contribution in [3.05, 3.63) is 143 Å². The van der Waals surface area contributed by atoms with Crippen LogP contribution in [0.4, 0.5) is 5.82 Å². The number of amides is 2. The Morgan fingerprint density at radius 1 is 0.730 bits per heavy atom. The first-order valence-corrected chi connectivity index (χ1v) is 23.5. The molecule has 6 aromatic heterocycles. The van der Waals surface area contributed by atoms with Crippen LogP contribution in [-0.2, 0) is 32.8 Å². The van der Waals surface area contributed by atoms with Crippen molar-refractivity contribution >= 4 is 70.6 Å². The van der Waals surface area contributed by atoms with Crippen LogP contribution in [0.1, 0.15) is 37.0 Å². The van der Waals surface area contributed by atoms with Crippen LogP contribution in [0, 0.1) is 6.92 Å². The SMILES string of the molecule is CN1CCN(c2ccc(S(=O)(=O)c3ccc(CNC(=O)c4cc5cnccc5[nH]4)cc3)cn2)CC1.Cc1nc(S(=O)(=O)c2ccc(CNC(=O)c3cnc4[nH]ncc4c3)cc2)cs1. The third-order valence-corrected chi connectivity index (χ3v) is 14.7. The third-order valence-electron chi connectivity index (χ3n) is 10.3. The van der Waals surface area contributed by atoms with E-state index in [1.807, 2.05) is 0 Å². The molecule has 1 aliphatic rings. The van der Waals surface area contributed by atoms with Gasteiger partial charge in [-0.05, 0) is 79.7 Å². The molecule has 63 heavy (non-hydrogen) atoms. The summed E-state index contributed by atoms with van der Waals surface area (Å²) in [6, 6.07) is 21.5. The third kappa shape index (κ3) is 9.78. The van der Waals surface area contributed by atoms with Crippen LogP contribution in [0.25, 0.3) is 21.9 Å². The maximum absolute atomic E-state index is 13.1. The van der Waals surface area contributed by atoms with Crippen molar-refractivity contribution in [1.82, 2.24) is 50.7 Å². The molecule has 0 saturated carbocycles. The van der Waals surface area contributed by atoms with Gasteiger partial charge in [0.15, 0.2) is 10.7 Å². The van der Waals surface area contributed by atoms with Crippen molar-refractivity contribution in [3.63, 3.8) is 0 Å². The maximum atomic E-state index is 13.1. The average Bonchev–Trinajstić information content (AvgIpc) is 4.08. The normalized spacial score (nSPS) is 13.4. The highest BCUT2D eigenvalue weighted by Crippen LogP contribution is 2.25. The molecule has 2 amide bonds. The molecule has 4 N–H and O–H groups in total. The molecule has 322 valence electrons. The number of aromatic nitrogens is 7. The number of pyridine rings is 3. The smallest absolute Gasteiger partial charge is 0.267 e. The fraction of sp³-hybridized carbons (Fsp3) is 0.186. The molecule has 0 atom stereocenters. The van der Waals surface area contributed by atoms with Crippen LogP contribution in [0.3, 0.4) is 0 Å². The zero-order valence-corrected chi connectivity index (χ0v) is 36.5. The van der Waals surface area contributed by atoms with Crippen LogP contribution in [0.5, 0.6) is 0 Å². The van der Waals surface area contributed by atoms with Crippen molar-refractivity contribution in [3.8, 4) is 0 Å². The first kappa shape index (κ1) is 42.8. The van der Waals surface area contributed by atoms with E-state index in [4.69, 9.17) is 0 Å². The zero-order chi connectivity index (χ0) is 44.1. The molecule has 8 aromatic rings. The van der Waals surface area contributed by atoms with E-state index in [-0.39, 0.29) is 44.6 Å². The predicted octanol–water partition coefficient (Wildman–Crippen LogP) is 4.96. The Morgan fingerprint density at radius 3 is 2.03 bits per heavy atom. The predicted molar refractivity (Wildman–Crippen MR) is 237 cm³/mol. The summed E-state index contributed by atoms with van der Waals surface area (Å²) in [4.78, 5) is 49.4. The highest BCUT2D eigenvalue weighted by atomic mass is 32.2. The second-order valence-electron chi connectivity index (χ2n) is 14.7. The lowest BCUT2D eigenvalue weighted by Gasteiger charge is -2.33. The number of thiazole rings is 1. The van der Waals surface area contributed by atoms with Crippen LogP contribution in [0.2, 0.25) is 0 Å². The van der Waals surface area contributed by atoms with Gasteiger partial charge in [0.1, 0.15) is 11.5 Å². The number of carbonyl (C=O) groups is 2. The number of nitrogens with one attached hydrogen (secondary N) is 4. The van der Waals surface area contributed by atoms with Crippen molar-refractivity contribution in [2.24, 2.45) is 0 Å². The van der Waals surface area contributed by atoms with Gasteiger partial charge in [-0.25, -0.2) is 31.8 Å². The standard InChI is InChI=1S/C25H26N6O3S.C18H15N5O3S2/c1-30-10-12-31(13-11-30)24-7-6-21(17-27-24)35(33,34)20-4-2-18(3-5-20)15-28-25(32)23-14-19-16-26-9-8-22(19)29-23;1-11-22-16(10-27-11)28(25,26)15-4-2-12(3-5-15)7-20-18(24)14-6-13-9-21-23-17(13)19-8-14/h2-9,14,16-17,29H,10-13,15H2,1H3,(H,28,32);2-6,8-10H,7H2,1H3,(H,20,24)(H,19,21,23). The quantitative estimate of drug-likeness (QED) is 0.135. The minimum Gasteiger partial charge on any atom is -0.354 e.